The minimum atomic E-state index is 0.0444. The molecule has 0 bridgehead atoms. The number of nitrogens with one attached hydrogen (secondary N) is 1. The fourth-order valence-corrected chi connectivity index (χ4v) is 3.03. The van der Waals surface area contributed by atoms with E-state index < -0.39 is 0 Å². The third-order valence-electron chi connectivity index (χ3n) is 4.63. The van der Waals surface area contributed by atoms with Crippen LogP contribution in [0.4, 0.5) is 0 Å². The summed E-state index contributed by atoms with van der Waals surface area (Å²) >= 11 is 0. The van der Waals surface area contributed by atoms with Gasteiger partial charge in [0, 0.05) is 25.7 Å². The number of amides is 1. The third-order valence-corrected chi connectivity index (χ3v) is 4.63. The van der Waals surface area contributed by atoms with Gasteiger partial charge in [-0.1, -0.05) is 60.7 Å². The second-order valence-electron chi connectivity index (χ2n) is 6.92. The van der Waals surface area contributed by atoms with Crippen molar-refractivity contribution in [2.45, 2.75) is 32.0 Å². The number of carbonyl (C=O) groups excluding carboxylic acids is 1. The van der Waals surface area contributed by atoms with Crippen molar-refractivity contribution in [2.75, 3.05) is 13.1 Å². The lowest BCUT2D eigenvalue weighted by Crippen LogP contribution is -2.43. The minimum absolute atomic E-state index is 0.0444. The van der Waals surface area contributed by atoms with E-state index in [2.05, 4.69) is 34.5 Å². The molecule has 0 aliphatic heterocycles. The van der Waals surface area contributed by atoms with Gasteiger partial charge in [0.1, 0.15) is 0 Å². The Morgan fingerprint density at radius 2 is 1.52 bits per heavy atom. The van der Waals surface area contributed by atoms with E-state index in [4.69, 9.17) is 5.73 Å². The Kier molecular flexibility index (Phi) is 6.20. The van der Waals surface area contributed by atoms with Gasteiger partial charge in [0.2, 0.25) is 5.91 Å². The molecule has 2 aromatic carbocycles. The number of hydrogen-bond acceptors (Lipinski definition) is 3. The molecule has 0 spiro atoms. The van der Waals surface area contributed by atoms with Crippen LogP contribution in [0.25, 0.3) is 0 Å². The van der Waals surface area contributed by atoms with Gasteiger partial charge in [0.25, 0.3) is 0 Å². The van der Waals surface area contributed by atoms with Gasteiger partial charge in [-0.05, 0) is 29.9 Å². The second kappa shape index (κ2) is 8.79. The van der Waals surface area contributed by atoms with E-state index in [1.165, 1.54) is 24.0 Å². The smallest absolute Gasteiger partial charge is 0.234 e. The average molecular weight is 337 g/mol. The summed E-state index contributed by atoms with van der Waals surface area (Å²) in [6.07, 6.45) is 2.40. The first-order chi connectivity index (χ1) is 12.2. The molecule has 1 aliphatic carbocycles. The normalized spacial score (nSPS) is 15.1. The third kappa shape index (κ3) is 6.00. The zero-order chi connectivity index (χ0) is 17.5. The molecule has 0 saturated heterocycles. The van der Waals surface area contributed by atoms with Crippen molar-refractivity contribution in [3.8, 4) is 0 Å². The number of carbonyl (C=O) groups is 1. The molecule has 0 radical (unpaired) electrons. The molecule has 132 valence electrons. The van der Waals surface area contributed by atoms with Gasteiger partial charge in [-0.15, -0.1) is 0 Å². The Hall–Kier alpha value is -2.17. The summed E-state index contributed by atoms with van der Waals surface area (Å²) in [7, 11) is 0. The lowest BCUT2D eigenvalue weighted by Gasteiger charge is -2.22. The van der Waals surface area contributed by atoms with Gasteiger partial charge in [-0.2, -0.15) is 0 Å². The molecule has 4 heteroatoms. The summed E-state index contributed by atoms with van der Waals surface area (Å²) in [5.41, 5.74) is 8.50. The maximum absolute atomic E-state index is 12.4. The van der Waals surface area contributed by atoms with Crippen LogP contribution in [-0.2, 0) is 17.9 Å². The fraction of sp³-hybridized carbons (Fsp3) is 0.381. The summed E-state index contributed by atoms with van der Waals surface area (Å²) in [4.78, 5) is 14.5. The fourth-order valence-electron chi connectivity index (χ4n) is 3.03. The van der Waals surface area contributed by atoms with Crippen LogP contribution in [0.5, 0.6) is 0 Å². The molecular formula is C21H27N3O. The molecule has 0 heterocycles. The van der Waals surface area contributed by atoms with Crippen LogP contribution in [0.15, 0.2) is 60.7 Å². The first-order valence-electron chi connectivity index (χ1n) is 9.03. The summed E-state index contributed by atoms with van der Waals surface area (Å²) in [6.45, 7) is 2.45. The van der Waals surface area contributed by atoms with E-state index in [0.29, 0.717) is 19.0 Å². The molecular weight excluding hydrogens is 310 g/mol. The predicted molar refractivity (Wildman–Crippen MR) is 101 cm³/mol. The highest BCUT2D eigenvalue weighted by Crippen LogP contribution is 2.31. The van der Waals surface area contributed by atoms with E-state index in [9.17, 15) is 4.79 Å². The molecule has 25 heavy (non-hydrogen) atoms. The molecule has 3 rings (SSSR count). The molecule has 1 saturated carbocycles. The number of nitrogens with two attached hydrogens (primary N) is 1. The molecule has 1 amide bonds. The Labute approximate surface area is 150 Å². The molecule has 0 aromatic heterocycles. The van der Waals surface area contributed by atoms with Crippen LogP contribution in [0, 0.1) is 5.92 Å². The number of nitrogens with zero attached hydrogens (tertiary/aromatic N) is 1. The van der Waals surface area contributed by atoms with Gasteiger partial charge in [-0.3, -0.25) is 9.69 Å². The quantitative estimate of drug-likeness (QED) is 0.739. The lowest BCUT2D eigenvalue weighted by molar-refractivity contribution is -0.122. The highest BCUT2D eigenvalue weighted by Gasteiger charge is 2.28. The maximum atomic E-state index is 12.4. The molecule has 1 aliphatic rings. The van der Waals surface area contributed by atoms with Crippen molar-refractivity contribution in [3.63, 3.8) is 0 Å². The molecule has 1 unspecified atom stereocenters. The number of benzene rings is 2. The minimum Gasteiger partial charge on any atom is -0.353 e. The van der Waals surface area contributed by atoms with Crippen molar-refractivity contribution >= 4 is 5.91 Å². The zero-order valence-electron chi connectivity index (χ0n) is 14.6. The zero-order valence-corrected chi connectivity index (χ0v) is 14.6. The maximum Gasteiger partial charge on any atom is 0.234 e. The Morgan fingerprint density at radius 1 is 1.00 bits per heavy atom. The van der Waals surface area contributed by atoms with E-state index in [1.807, 2.05) is 36.4 Å². The van der Waals surface area contributed by atoms with Gasteiger partial charge in [0.15, 0.2) is 0 Å². The van der Waals surface area contributed by atoms with E-state index in [1.54, 1.807) is 0 Å². The SMILES string of the molecule is NC(CNC(=O)CN(Cc1ccccc1)Cc1ccccc1)C1CC1. The highest BCUT2D eigenvalue weighted by atomic mass is 16.2. The lowest BCUT2D eigenvalue weighted by atomic mass is 10.1. The molecule has 1 atom stereocenters. The van der Waals surface area contributed by atoms with Crippen LogP contribution in [0.2, 0.25) is 0 Å². The van der Waals surface area contributed by atoms with Crippen molar-refractivity contribution in [3.05, 3.63) is 71.8 Å². The standard InChI is InChI=1S/C21H27N3O/c22-20(19-11-12-19)13-23-21(25)16-24(14-17-7-3-1-4-8-17)15-18-9-5-2-6-10-18/h1-10,19-20H,11-16,22H2,(H,23,25). The second-order valence-corrected chi connectivity index (χ2v) is 6.92. The Bertz CT molecular complexity index is 614. The van der Waals surface area contributed by atoms with Crippen LogP contribution in [-0.4, -0.2) is 29.9 Å². The van der Waals surface area contributed by atoms with E-state index >= 15 is 0 Å². The van der Waals surface area contributed by atoms with Gasteiger partial charge >= 0.3 is 0 Å². The predicted octanol–water partition coefficient (Wildman–Crippen LogP) is 2.54. The monoisotopic (exact) mass is 337 g/mol. The molecule has 4 nitrogen and oxygen atoms in total. The van der Waals surface area contributed by atoms with Crippen LogP contribution >= 0.6 is 0 Å². The van der Waals surface area contributed by atoms with Crippen molar-refractivity contribution < 1.29 is 4.79 Å². The summed E-state index contributed by atoms with van der Waals surface area (Å²) in [5, 5.41) is 3.00. The number of rotatable bonds is 9. The van der Waals surface area contributed by atoms with Crippen LogP contribution in [0.3, 0.4) is 0 Å². The van der Waals surface area contributed by atoms with Crippen molar-refractivity contribution in [1.82, 2.24) is 10.2 Å². The molecule has 3 N–H and O–H groups in total. The summed E-state index contributed by atoms with van der Waals surface area (Å²) in [6, 6.07) is 20.6. The first kappa shape index (κ1) is 17.6. The largest absolute Gasteiger partial charge is 0.353 e. The first-order valence-corrected chi connectivity index (χ1v) is 9.03. The van der Waals surface area contributed by atoms with Gasteiger partial charge < -0.3 is 11.1 Å². The summed E-state index contributed by atoms with van der Waals surface area (Å²) in [5.74, 6) is 0.646. The topological polar surface area (TPSA) is 58.4 Å². The average Bonchev–Trinajstić information content (AvgIpc) is 3.46. The van der Waals surface area contributed by atoms with E-state index in [0.717, 1.165) is 13.1 Å². The van der Waals surface area contributed by atoms with Gasteiger partial charge in [-0.25, -0.2) is 0 Å². The summed E-state index contributed by atoms with van der Waals surface area (Å²) < 4.78 is 0. The molecule has 1 fully saturated rings. The highest BCUT2D eigenvalue weighted by molar-refractivity contribution is 5.78. The van der Waals surface area contributed by atoms with Gasteiger partial charge in [0.05, 0.1) is 6.54 Å². The van der Waals surface area contributed by atoms with Crippen molar-refractivity contribution in [2.24, 2.45) is 11.7 Å². The van der Waals surface area contributed by atoms with Crippen molar-refractivity contribution in [1.29, 1.82) is 0 Å². The van der Waals surface area contributed by atoms with Crippen LogP contribution in [0.1, 0.15) is 24.0 Å². The Balaban J connectivity index is 1.57. The van der Waals surface area contributed by atoms with Crippen LogP contribution < -0.4 is 11.1 Å². The molecule has 2 aromatic rings. The Morgan fingerprint density at radius 3 is 2.00 bits per heavy atom. The number of hydrogen-bond donors (Lipinski definition) is 2. The van der Waals surface area contributed by atoms with E-state index in [-0.39, 0.29) is 11.9 Å².